The highest BCUT2D eigenvalue weighted by Crippen LogP contribution is 2.28. The molecule has 1 aliphatic rings. The van der Waals surface area contributed by atoms with E-state index in [1.54, 1.807) is 0 Å². The summed E-state index contributed by atoms with van der Waals surface area (Å²) in [6.07, 6.45) is 2.50. The predicted octanol–water partition coefficient (Wildman–Crippen LogP) is 4.51. The van der Waals surface area contributed by atoms with E-state index in [-0.39, 0.29) is 5.97 Å². The first-order valence-corrected chi connectivity index (χ1v) is 8.78. The van der Waals surface area contributed by atoms with Crippen LogP contribution in [0, 0.1) is 0 Å². The van der Waals surface area contributed by atoms with Gasteiger partial charge in [-0.2, -0.15) is 0 Å². The molecule has 1 unspecified atom stereocenters. The molecule has 0 radical (unpaired) electrons. The number of esters is 1. The van der Waals surface area contributed by atoms with E-state index >= 15 is 0 Å². The fraction of sp³-hybridized carbons (Fsp3) is 0.381. The molecule has 2 aromatic carbocycles. The van der Waals surface area contributed by atoms with Crippen LogP contribution < -0.4 is 0 Å². The predicted molar refractivity (Wildman–Crippen MR) is 96.9 cm³/mol. The molecule has 1 saturated heterocycles. The van der Waals surface area contributed by atoms with Crippen molar-refractivity contribution < 1.29 is 9.53 Å². The van der Waals surface area contributed by atoms with E-state index in [1.807, 2.05) is 25.1 Å². The summed E-state index contributed by atoms with van der Waals surface area (Å²) >= 11 is 0. The second-order valence-corrected chi connectivity index (χ2v) is 6.42. The third-order valence-corrected chi connectivity index (χ3v) is 4.77. The summed E-state index contributed by atoms with van der Waals surface area (Å²) in [6, 6.07) is 16.9. The molecule has 0 saturated carbocycles. The molecule has 2 aromatic rings. The number of benzene rings is 2. The van der Waals surface area contributed by atoms with E-state index in [0.717, 1.165) is 13.1 Å². The average Bonchev–Trinajstić information content (AvgIpc) is 3.01. The highest BCUT2D eigenvalue weighted by Gasteiger charge is 2.22. The van der Waals surface area contributed by atoms with Crippen molar-refractivity contribution in [2.75, 3.05) is 13.2 Å². The molecule has 1 heterocycles. The molecule has 0 aliphatic carbocycles. The minimum atomic E-state index is -0.243. The van der Waals surface area contributed by atoms with Crippen molar-refractivity contribution in [1.29, 1.82) is 0 Å². The SMILES string of the molecule is CCOC(=O)c1ccc(-c2ccccc2)c(CN2CCCC2C)c1. The molecule has 0 bridgehead atoms. The van der Waals surface area contributed by atoms with Gasteiger partial charge in [-0.3, -0.25) is 4.90 Å². The molecular formula is C21H25NO2. The Morgan fingerprint density at radius 3 is 2.67 bits per heavy atom. The van der Waals surface area contributed by atoms with E-state index in [1.165, 1.54) is 29.5 Å². The summed E-state index contributed by atoms with van der Waals surface area (Å²) in [6.45, 7) is 6.52. The maximum Gasteiger partial charge on any atom is 0.338 e. The molecule has 0 aromatic heterocycles. The molecule has 3 rings (SSSR count). The number of nitrogens with zero attached hydrogens (tertiary/aromatic N) is 1. The van der Waals surface area contributed by atoms with Crippen molar-refractivity contribution in [3.05, 3.63) is 59.7 Å². The van der Waals surface area contributed by atoms with Crippen LogP contribution in [-0.2, 0) is 11.3 Å². The summed E-state index contributed by atoms with van der Waals surface area (Å²) in [7, 11) is 0. The maximum absolute atomic E-state index is 12.1. The number of carbonyl (C=O) groups excluding carboxylic acids is 1. The van der Waals surface area contributed by atoms with Crippen LogP contribution in [0.2, 0.25) is 0 Å². The number of carbonyl (C=O) groups is 1. The zero-order valence-electron chi connectivity index (χ0n) is 14.5. The second-order valence-electron chi connectivity index (χ2n) is 6.42. The monoisotopic (exact) mass is 323 g/mol. The van der Waals surface area contributed by atoms with Crippen LogP contribution in [0.5, 0.6) is 0 Å². The van der Waals surface area contributed by atoms with Crippen molar-refractivity contribution in [1.82, 2.24) is 4.90 Å². The maximum atomic E-state index is 12.1. The van der Waals surface area contributed by atoms with Gasteiger partial charge in [-0.15, -0.1) is 0 Å². The summed E-state index contributed by atoms with van der Waals surface area (Å²) in [5.41, 5.74) is 4.22. The Kier molecular flexibility index (Phi) is 5.31. The minimum Gasteiger partial charge on any atom is -0.462 e. The Balaban J connectivity index is 1.96. The summed E-state index contributed by atoms with van der Waals surface area (Å²) < 4.78 is 5.17. The molecule has 3 heteroatoms. The first kappa shape index (κ1) is 16.7. The molecule has 24 heavy (non-hydrogen) atoms. The highest BCUT2D eigenvalue weighted by atomic mass is 16.5. The summed E-state index contributed by atoms with van der Waals surface area (Å²) in [5, 5.41) is 0. The molecular weight excluding hydrogens is 298 g/mol. The third-order valence-electron chi connectivity index (χ3n) is 4.77. The van der Waals surface area contributed by atoms with Crippen LogP contribution in [0.25, 0.3) is 11.1 Å². The van der Waals surface area contributed by atoms with Gasteiger partial charge in [-0.1, -0.05) is 36.4 Å². The zero-order chi connectivity index (χ0) is 16.9. The molecule has 1 atom stereocenters. The molecule has 126 valence electrons. The van der Waals surface area contributed by atoms with Crippen molar-refractivity contribution in [3.63, 3.8) is 0 Å². The van der Waals surface area contributed by atoms with E-state index in [2.05, 4.69) is 42.2 Å². The topological polar surface area (TPSA) is 29.5 Å². The quantitative estimate of drug-likeness (QED) is 0.758. The lowest BCUT2D eigenvalue weighted by molar-refractivity contribution is 0.0526. The lowest BCUT2D eigenvalue weighted by Crippen LogP contribution is -2.26. The Labute approximate surface area is 144 Å². The average molecular weight is 323 g/mol. The standard InChI is InChI=1S/C21H25NO2/c1-3-24-21(23)18-11-12-20(17-9-5-4-6-10-17)19(14-18)15-22-13-7-8-16(22)2/h4-6,9-12,14,16H,3,7-8,13,15H2,1-2H3. The molecule has 3 nitrogen and oxygen atoms in total. The third kappa shape index (κ3) is 3.68. The van der Waals surface area contributed by atoms with Crippen LogP contribution in [0.15, 0.2) is 48.5 Å². The van der Waals surface area contributed by atoms with E-state index in [4.69, 9.17) is 4.74 Å². The molecule has 0 amide bonds. The zero-order valence-corrected chi connectivity index (χ0v) is 14.5. The van der Waals surface area contributed by atoms with Crippen LogP contribution >= 0.6 is 0 Å². The molecule has 0 spiro atoms. The number of ether oxygens (including phenoxy) is 1. The molecule has 1 fully saturated rings. The Morgan fingerprint density at radius 2 is 2.00 bits per heavy atom. The Hall–Kier alpha value is -2.13. The van der Waals surface area contributed by atoms with Gasteiger partial charge in [-0.05, 0) is 62.1 Å². The van der Waals surface area contributed by atoms with Gasteiger partial charge in [0.25, 0.3) is 0 Å². The Bertz CT molecular complexity index is 696. The Morgan fingerprint density at radius 1 is 1.21 bits per heavy atom. The van der Waals surface area contributed by atoms with Gasteiger partial charge in [0.2, 0.25) is 0 Å². The van der Waals surface area contributed by atoms with E-state index in [0.29, 0.717) is 18.2 Å². The van der Waals surface area contributed by atoms with Gasteiger partial charge in [0.1, 0.15) is 0 Å². The normalized spacial score (nSPS) is 17.8. The lowest BCUT2D eigenvalue weighted by Gasteiger charge is -2.23. The van der Waals surface area contributed by atoms with Gasteiger partial charge in [-0.25, -0.2) is 4.79 Å². The lowest BCUT2D eigenvalue weighted by atomic mass is 9.97. The largest absolute Gasteiger partial charge is 0.462 e. The van der Waals surface area contributed by atoms with Crippen molar-refractivity contribution in [2.45, 2.75) is 39.3 Å². The van der Waals surface area contributed by atoms with Crippen LogP contribution in [0.1, 0.15) is 42.6 Å². The summed E-state index contributed by atoms with van der Waals surface area (Å²) in [5.74, 6) is -0.243. The van der Waals surface area contributed by atoms with Crippen molar-refractivity contribution in [2.24, 2.45) is 0 Å². The van der Waals surface area contributed by atoms with Crippen molar-refractivity contribution >= 4 is 5.97 Å². The fourth-order valence-corrected chi connectivity index (χ4v) is 3.41. The van der Waals surface area contributed by atoms with Crippen molar-refractivity contribution in [3.8, 4) is 11.1 Å². The van der Waals surface area contributed by atoms with Crippen LogP contribution in [0.3, 0.4) is 0 Å². The van der Waals surface area contributed by atoms with Crippen LogP contribution in [-0.4, -0.2) is 30.1 Å². The van der Waals surface area contributed by atoms with Crippen LogP contribution in [0.4, 0.5) is 0 Å². The van der Waals surface area contributed by atoms with Gasteiger partial charge in [0, 0.05) is 12.6 Å². The second kappa shape index (κ2) is 7.63. The number of hydrogen-bond donors (Lipinski definition) is 0. The van der Waals surface area contributed by atoms with Gasteiger partial charge in [0.15, 0.2) is 0 Å². The number of hydrogen-bond acceptors (Lipinski definition) is 3. The minimum absolute atomic E-state index is 0.243. The van der Waals surface area contributed by atoms with Gasteiger partial charge >= 0.3 is 5.97 Å². The van der Waals surface area contributed by atoms with Gasteiger partial charge in [0.05, 0.1) is 12.2 Å². The first-order valence-electron chi connectivity index (χ1n) is 8.78. The highest BCUT2D eigenvalue weighted by molar-refractivity contribution is 5.90. The summed E-state index contributed by atoms with van der Waals surface area (Å²) in [4.78, 5) is 14.6. The number of likely N-dealkylation sites (tertiary alicyclic amines) is 1. The molecule has 1 aliphatic heterocycles. The fourth-order valence-electron chi connectivity index (χ4n) is 3.41. The smallest absolute Gasteiger partial charge is 0.338 e. The molecule has 0 N–H and O–H groups in total. The number of rotatable bonds is 5. The van der Waals surface area contributed by atoms with Gasteiger partial charge < -0.3 is 4.74 Å². The first-order chi connectivity index (χ1) is 11.7. The van der Waals surface area contributed by atoms with E-state index in [9.17, 15) is 4.79 Å². The van der Waals surface area contributed by atoms with E-state index < -0.39 is 0 Å².